The number of likely N-dealkylation sites (tertiary alicyclic amines) is 1. The van der Waals surface area contributed by atoms with Crippen LogP contribution < -0.4 is 5.32 Å². The standard InChI is InChI=1S/C32H31F3N6O2S/c1-2-39-8-5-18(6-9-39)22-4-3-19(12-25(22)34)20-11-23-24(26(35)13-20)16-41(31(23)43)29(30(42)38-32-36-7-10-44-32)28-27-14-21(33)15-40(27)17-37-28/h3-4,7,10-13,17-18,21,29H,2,5-6,8-9,14-16H2,1H3,(H,36,38,42). The number of piperidine rings is 1. The Hall–Kier alpha value is -4.03. The number of imidazole rings is 1. The maximum Gasteiger partial charge on any atom is 0.255 e. The van der Waals surface area contributed by atoms with E-state index in [-0.39, 0.29) is 48.1 Å². The summed E-state index contributed by atoms with van der Waals surface area (Å²) in [6, 6.07) is 6.57. The Balaban J connectivity index is 1.19. The van der Waals surface area contributed by atoms with Crippen LogP contribution in [0.3, 0.4) is 0 Å². The number of rotatable bonds is 7. The number of carbonyl (C=O) groups is 2. The van der Waals surface area contributed by atoms with Crippen LogP contribution in [0.15, 0.2) is 48.2 Å². The minimum atomic E-state index is -1.24. The lowest BCUT2D eigenvalue weighted by Crippen LogP contribution is -2.38. The fourth-order valence-corrected chi connectivity index (χ4v) is 7.28. The van der Waals surface area contributed by atoms with E-state index in [1.54, 1.807) is 28.1 Å². The molecule has 2 unspecified atom stereocenters. The van der Waals surface area contributed by atoms with Gasteiger partial charge in [-0.3, -0.25) is 14.9 Å². The average molecular weight is 621 g/mol. The highest BCUT2D eigenvalue weighted by atomic mass is 32.1. The second-order valence-electron chi connectivity index (χ2n) is 11.6. The van der Waals surface area contributed by atoms with Gasteiger partial charge in [0.15, 0.2) is 11.2 Å². The third-order valence-electron chi connectivity index (χ3n) is 9.09. The normalized spacial score (nSPS) is 19.3. The second kappa shape index (κ2) is 11.5. The summed E-state index contributed by atoms with van der Waals surface area (Å²) in [5, 5.41) is 4.76. The third kappa shape index (κ3) is 5.09. The molecule has 2 atom stereocenters. The summed E-state index contributed by atoms with van der Waals surface area (Å²) >= 11 is 1.21. The van der Waals surface area contributed by atoms with Crippen LogP contribution in [-0.2, 0) is 24.3 Å². The van der Waals surface area contributed by atoms with Gasteiger partial charge in [0.1, 0.15) is 17.8 Å². The van der Waals surface area contributed by atoms with Gasteiger partial charge in [0.25, 0.3) is 11.8 Å². The molecular formula is C32H31F3N6O2S. The van der Waals surface area contributed by atoms with Crippen LogP contribution >= 0.6 is 11.3 Å². The molecule has 228 valence electrons. The summed E-state index contributed by atoms with van der Waals surface area (Å²) in [6.45, 7) is 4.89. The van der Waals surface area contributed by atoms with Gasteiger partial charge >= 0.3 is 0 Å². The zero-order valence-corrected chi connectivity index (χ0v) is 24.9. The molecule has 0 spiro atoms. The van der Waals surface area contributed by atoms with E-state index in [1.807, 2.05) is 0 Å². The van der Waals surface area contributed by atoms with Gasteiger partial charge in [-0.15, -0.1) is 11.3 Å². The lowest BCUT2D eigenvalue weighted by Gasteiger charge is -2.31. The van der Waals surface area contributed by atoms with Gasteiger partial charge in [-0.25, -0.2) is 23.1 Å². The summed E-state index contributed by atoms with van der Waals surface area (Å²) < 4.78 is 47.0. The Morgan fingerprint density at radius 1 is 1.11 bits per heavy atom. The summed E-state index contributed by atoms with van der Waals surface area (Å²) in [5.74, 6) is -1.97. The first-order valence-electron chi connectivity index (χ1n) is 14.8. The molecule has 3 aliphatic heterocycles. The topological polar surface area (TPSA) is 83.4 Å². The van der Waals surface area contributed by atoms with E-state index in [9.17, 15) is 14.0 Å². The summed E-state index contributed by atoms with van der Waals surface area (Å²) in [4.78, 5) is 39.7. The molecule has 44 heavy (non-hydrogen) atoms. The molecule has 5 heterocycles. The molecule has 2 aromatic carbocycles. The van der Waals surface area contributed by atoms with Crippen molar-refractivity contribution in [1.29, 1.82) is 0 Å². The number of nitrogens with one attached hydrogen (secondary N) is 1. The molecule has 0 radical (unpaired) electrons. The molecule has 4 aromatic rings. The van der Waals surface area contributed by atoms with Gasteiger partial charge in [0.2, 0.25) is 0 Å². The number of thiazole rings is 1. The van der Waals surface area contributed by atoms with Crippen molar-refractivity contribution in [2.24, 2.45) is 0 Å². The van der Waals surface area contributed by atoms with Crippen molar-refractivity contribution < 1.29 is 22.8 Å². The first kappa shape index (κ1) is 28.7. The number of hydrogen-bond donors (Lipinski definition) is 1. The van der Waals surface area contributed by atoms with E-state index in [1.165, 1.54) is 40.9 Å². The molecule has 8 nitrogen and oxygen atoms in total. The van der Waals surface area contributed by atoms with E-state index in [4.69, 9.17) is 0 Å². The van der Waals surface area contributed by atoms with Crippen molar-refractivity contribution in [2.75, 3.05) is 25.0 Å². The van der Waals surface area contributed by atoms with Gasteiger partial charge in [-0.2, -0.15) is 0 Å². The Morgan fingerprint density at radius 3 is 2.64 bits per heavy atom. The predicted molar refractivity (Wildman–Crippen MR) is 160 cm³/mol. The lowest BCUT2D eigenvalue weighted by atomic mass is 9.88. The third-order valence-corrected chi connectivity index (χ3v) is 9.78. The zero-order chi connectivity index (χ0) is 30.5. The van der Waals surface area contributed by atoms with Gasteiger partial charge in [-0.1, -0.05) is 19.1 Å². The average Bonchev–Trinajstić information content (AvgIpc) is 3.81. The van der Waals surface area contributed by atoms with Crippen molar-refractivity contribution in [2.45, 2.75) is 57.4 Å². The first-order chi connectivity index (χ1) is 21.3. The fraction of sp³-hybridized carbons (Fsp3) is 0.375. The number of aromatic nitrogens is 3. The Morgan fingerprint density at radius 2 is 1.91 bits per heavy atom. The molecular weight excluding hydrogens is 589 g/mol. The number of fused-ring (bicyclic) bond motifs is 2. The molecule has 0 aliphatic carbocycles. The van der Waals surface area contributed by atoms with Gasteiger partial charge in [0.05, 0.1) is 25.1 Å². The highest BCUT2D eigenvalue weighted by molar-refractivity contribution is 7.13. The molecule has 1 N–H and O–H groups in total. The van der Waals surface area contributed by atoms with E-state index >= 15 is 8.78 Å². The minimum absolute atomic E-state index is 0.0587. The van der Waals surface area contributed by atoms with Gasteiger partial charge in [0, 0.05) is 34.8 Å². The van der Waals surface area contributed by atoms with Crippen LogP contribution in [0.25, 0.3) is 11.1 Å². The number of nitrogens with zero attached hydrogens (tertiary/aromatic N) is 5. The SMILES string of the molecule is CCN1CCC(c2ccc(-c3cc(F)c4c(c3)C(=O)N(C(C(=O)Nc3nccs3)c3ncn5c3CC(F)C5)C4)cc2F)CC1. The van der Waals surface area contributed by atoms with Crippen LogP contribution in [0.1, 0.15) is 64.6 Å². The highest BCUT2D eigenvalue weighted by Crippen LogP contribution is 2.39. The number of amides is 2. The smallest absolute Gasteiger partial charge is 0.255 e. The van der Waals surface area contributed by atoms with E-state index in [0.29, 0.717) is 27.5 Å². The molecule has 2 amide bonds. The van der Waals surface area contributed by atoms with Crippen LogP contribution in [0.2, 0.25) is 0 Å². The van der Waals surface area contributed by atoms with Gasteiger partial charge < -0.3 is 14.4 Å². The maximum atomic E-state index is 15.7. The molecule has 0 bridgehead atoms. The first-order valence-corrected chi connectivity index (χ1v) is 15.7. The van der Waals surface area contributed by atoms with E-state index in [2.05, 4.69) is 27.1 Å². The summed E-state index contributed by atoms with van der Waals surface area (Å²) in [6.07, 6.45) is 3.69. The Bertz CT molecular complexity index is 1730. The molecule has 3 aliphatic rings. The number of anilines is 1. The minimum Gasteiger partial charge on any atom is -0.331 e. The van der Waals surface area contributed by atoms with Crippen LogP contribution in [0.4, 0.5) is 18.3 Å². The molecule has 2 aromatic heterocycles. The van der Waals surface area contributed by atoms with Gasteiger partial charge in [-0.05, 0) is 73.3 Å². The van der Waals surface area contributed by atoms with E-state index < -0.39 is 29.8 Å². The Labute approximate surface area is 256 Å². The quantitative estimate of drug-likeness (QED) is 0.286. The van der Waals surface area contributed by atoms with E-state index in [0.717, 1.165) is 32.5 Å². The number of hydrogen-bond acceptors (Lipinski definition) is 6. The molecule has 0 saturated carbocycles. The molecule has 1 fully saturated rings. The molecule has 12 heteroatoms. The van der Waals surface area contributed by atoms with Crippen molar-refractivity contribution in [3.8, 4) is 11.1 Å². The van der Waals surface area contributed by atoms with Crippen molar-refractivity contribution in [3.05, 3.63) is 87.9 Å². The number of halogens is 3. The number of alkyl halides is 1. The predicted octanol–water partition coefficient (Wildman–Crippen LogP) is 5.71. The van der Waals surface area contributed by atoms with Crippen LogP contribution in [0.5, 0.6) is 0 Å². The zero-order valence-electron chi connectivity index (χ0n) is 24.1. The summed E-state index contributed by atoms with van der Waals surface area (Å²) in [7, 11) is 0. The van der Waals surface area contributed by atoms with Crippen LogP contribution in [-0.4, -0.2) is 62.0 Å². The lowest BCUT2D eigenvalue weighted by molar-refractivity contribution is -0.121. The number of carbonyl (C=O) groups excluding carboxylic acids is 2. The van der Waals surface area contributed by atoms with Crippen molar-refractivity contribution >= 4 is 28.3 Å². The largest absolute Gasteiger partial charge is 0.331 e. The molecule has 1 saturated heterocycles. The number of benzene rings is 2. The Kier molecular flexibility index (Phi) is 7.49. The molecule has 7 rings (SSSR count). The second-order valence-corrected chi connectivity index (χ2v) is 12.5. The summed E-state index contributed by atoms with van der Waals surface area (Å²) in [5.41, 5.74) is 2.51. The monoisotopic (exact) mass is 620 g/mol. The fourth-order valence-electron chi connectivity index (χ4n) is 6.75. The maximum absolute atomic E-state index is 15.7. The van der Waals surface area contributed by atoms with Crippen molar-refractivity contribution in [3.63, 3.8) is 0 Å². The van der Waals surface area contributed by atoms with Crippen LogP contribution in [0, 0.1) is 11.6 Å². The highest BCUT2D eigenvalue weighted by Gasteiger charge is 2.43. The van der Waals surface area contributed by atoms with Crippen molar-refractivity contribution in [1.82, 2.24) is 24.3 Å².